The number of nitrogens with two attached hydrogens (primary N) is 1. The molecule has 1 heterocycles. The molecule has 0 radical (unpaired) electrons. The van der Waals surface area contributed by atoms with E-state index in [2.05, 4.69) is 10.3 Å². The fourth-order valence-corrected chi connectivity index (χ4v) is 3.12. The second-order valence-electron chi connectivity index (χ2n) is 6.65. The maximum Gasteiger partial charge on any atom is 0.222 e. The van der Waals surface area contributed by atoms with Gasteiger partial charge in [-0.1, -0.05) is 42.5 Å². The number of halogens is 1. The van der Waals surface area contributed by atoms with Crippen molar-refractivity contribution in [3.8, 4) is 0 Å². The number of methoxy groups -OCH3 is 1. The molecule has 3 N–H and O–H groups in total. The molecular weight excluding hydrogens is 467 g/mol. The second-order valence-corrected chi connectivity index (χ2v) is 6.65. The fourth-order valence-electron chi connectivity index (χ4n) is 3.12. The van der Waals surface area contributed by atoms with E-state index in [1.807, 2.05) is 53.4 Å². The number of guanidine groups is 1. The molecular formula is C21H27IN4O2. The minimum atomic E-state index is 0. The van der Waals surface area contributed by atoms with Gasteiger partial charge in [-0.3, -0.25) is 4.79 Å². The number of amides is 1. The molecule has 1 saturated heterocycles. The second kappa shape index (κ2) is 11.0. The van der Waals surface area contributed by atoms with Crippen LogP contribution < -0.4 is 11.1 Å². The minimum absolute atomic E-state index is 0. The molecule has 0 aliphatic carbocycles. The molecule has 0 unspecified atom stereocenters. The molecule has 1 amide bonds. The van der Waals surface area contributed by atoms with Crippen molar-refractivity contribution in [1.82, 2.24) is 4.90 Å². The number of anilines is 1. The summed E-state index contributed by atoms with van der Waals surface area (Å²) in [6.07, 6.45) is 1.64. The predicted octanol–water partition coefficient (Wildman–Crippen LogP) is 3.50. The number of hydrogen-bond acceptors (Lipinski definition) is 3. The number of benzene rings is 2. The first kappa shape index (κ1) is 22.2. The van der Waals surface area contributed by atoms with Crippen molar-refractivity contribution < 1.29 is 9.53 Å². The largest absolute Gasteiger partial charge is 0.380 e. The molecule has 0 aromatic heterocycles. The highest BCUT2D eigenvalue weighted by atomic mass is 127. The van der Waals surface area contributed by atoms with Crippen molar-refractivity contribution in [2.45, 2.75) is 32.5 Å². The van der Waals surface area contributed by atoms with Crippen LogP contribution in [0.2, 0.25) is 0 Å². The molecule has 28 heavy (non-hydrogen) atoms. The van der Waals surface area contributed by atoms with E-state index in [9.17, 15) is 4.79 Å². The van der Waals surface area contributed by atoms with Gasteiger partial charge in [0.1, 0.15) is 0 Å². The number of ether oxygens (including phenoxy) is 1. The smallest absolute Gasteiger partial charge is 0.222 e. The van der Waals surface area contributed by atoms with Gasteiger partial charge < -0.3 is 20.7 Å². The van der Waals surface area contributed by atoms with Crippen LogP contribution in [0.4, 0.5) is 5.69 Å². The van der Waals surface area contributed by atoms with Gasteiger partial charge in [-0.15, -0.1) is 24.0 Å². The van der Waals surface area contributed by atoms with Crippen molar-refractivity contribution >= 4 is 41.5 Å². The number of aliphatic imine (C=N–C) groups is 1. The van der Waals surface area contributed by atoms with E-state index in [4.69, 9.17) is 10.5 Å². The quantitative estimate of drug-likeness (QED) is 0.351. The Morgan fingerprint density at radius 2 is 1.89 bits per heavy atom. The zero-order valence-corrected chi connectivity index (χ0v) is 18.4. The topological polar surface area (TPSA) is 80.0 Å². The highest BCUT2D eigenvalue weighted by Gasteiger charge is 2.19. The van der Waals surface area contributed by atoms with Crippen molar-refractivity contribution in [2.75, 3.05) is 19.0 Å². The third kappa shape index (κ3) is 6.20. The Morgan fingerprint density at radius 3 is 2.57 bits per heavy atom. The summed E-state index contributed by atoms with van der Waals surface area (Å²) in [4.78, 5) is 18.0. The van der Waals surface area contributed by atoms with Gasteiger partial charge in [-0.05, 0) is 23.6 Å². The summed E-state index contributed by atoms with van der Waals surface area (Å²) in [6.45, 7) is 2.55. The molecule has 1 fully saturated rings. The van der Waals surface area contributed by atoms with Crippen LogP contribution in [0.1, 0.15) is 29.5 Å². The monoisotopic (exact) mass is 494 g/mol. The Kier molecular flexibility index (Phi) is 8.72. The molecule has 1 aliphatic rings. The summed E-state index contributed by atoms with van der Waals surface area (Å²) < 4.78 is 5.20. The Bertz CT molecular complexity index is 808. The van der Waals surface area contributed by atoms with E-state index in [0.29, 0.717) is 32.1 Å². The molecule has 0 bridgehead atoms. The number of nitrogens with zero attached hydrogens (tertiary/aromatic N) is 2. The van der Waals surface area contributed by atoms with Crippen LogP contribution in [0.25, 0.3) is 0 Å². The maximum atomic E-state index is 11.7. The van der Waals surface area contributed by atoms with Crippen LogP contribution in [0.15, 0.2) is 53.5 Å². The van der Waals surface area contributed by atoms with Gasteiger partial charge in [0.25, 0.3) is 0 Å². The molecule has 3 rings (SSSR count). The van der Waals surface area contributed by atoms with E-state index >= 15 is 0 Å². The van der Waals surface area contributed by atoms with Gasteiger partial charge in [0.05, 0.1) is 13.2 Å². The van der Waals surface area contributed by atoms with Crippen molar-refractivity contribution in [3.05, 3.63) is 65.2 Å². The molecule has 2 aromatic rings. The number of likely N-dealkylation sites (tertiary alicyclic amines) is 1. The summed E-state index contributed by atoms with van der Waals surface area (Å²) in [7, 11) is 1.66. The number of rotatable bonds is 7. The molecule has 0 spiro atoms. The van der Waals surface area contributed by atoms with Crippen molar-refractivity contribution in [2.24, 2.45) is 10.7 Å². The third-order valence-corrected chi connectivity index (χ3v) is 4.58. The normalized spacial score (nSPS) is 14.1. The van der Waals surface area contributed by atoms with Gasteiger partial charge >= 0.3 is 0 Å². The first-order valence-corrected chi connectivity index (χ1v) is 9.15. The average molecular weight is 494 g/mol. The highest BCUT2D eigenvalue weighted by molar-refractivity contribution is 14.0. The molecule has 0 atom stereocenters. The summed E-state index contributed by atoms with van der Waals surface area (Å²) in [5.74, 6) is 0.613. The van der Waals surface area contributed by atoms with E-state index in [1.54, 1.807) is 7.11 Å². The standard InChI is InChI=1S/C21H26N4O2.HI/c1-27-15-18-5-2-3-6-19(18)24-21(22)23-13-16-8-10-17(11-9-16)14-25-12-4-7-20(25)26;/h2-3,5-6,8-11H,4,7,12-15H2,1H3,(H3,22,23,24);1H. The van der Waals surface area contributed by atoms with Gasteiger partial charge in [0.15, 0.2) is 5.96 Å². The Balaban J connectivity index is 0.00000280. The highest BCUT2D eigenvalue weighted by Crippen LogP contribution is 2.16. The number of nitrogens with one attached hydrogen (secondary N) is 1. The minimum Gasteiger partial charge on any atom is -0.380 e. The number of carbonyl (C=O) groups excluding carboxylic acids is 1. The lowest BCUT2D eigenvalue weighted by molar-refractivity contribution is -0.128. The summed E-state index contributed by atoms with van der Waals surface area (Å²) in [5, 5.41) is 3.13. The van der Waals surface area contributed by atoms with Crippen LogP contribution in [-0.2, 0) is 29.2 Å². The zero-order chi connectivity index (χ0) is 19.1. The lowest BCUT2D eigenvalue weighted by Gasteiger charge is -2.15. The van der Waals surface area contributed by atoms with Gasteiger partial charge in [-0.25, -0.2) is 4.99 Å². The summed E-state index contributed by atoms with van der Waals surface area (Å²) >= 11 is 0. The van der Waals surface area contributed by atoms with E-state index in [1.165, 1.54) is 0 Å². The average Bonchev–Trinajstić information content (AvgIpc) is 3.08. The van der Waals surface area contributed by atoms with E-state index in [-0.39, 0.29) is 29.9 Å². The van der Waals surface area contributed by atoms with Crippen molar-refractivity contribution in [3.63, 3.8) is 0 Å². The van der Waals surface area contributed by atoms with Crippen LogP contribution >= 0.6 is 24.0 Å². The number of carbonyl (C=O) groups is 1. The van der Waals surface area contributed by atoms with Crippen molar-refractivity contribution in [1.29, 1.82) is 0 Å². The van der Waals surface area contributed by atoms with Gasteiger partial charge in [0, 0.05) is 37.9 Å². The molecule has 7 heteroatoms. The number of hydrogen-bond donors (Lipinski definition) is 2. The van der Waals surface area contributed by atoms with E-state index in [0.717, 1.165) is 35.3 Å². The molecule has 6 nitrogen and oxygen atoms in total. The summed E-state index contributed by atoms with van der Waals surface area (Å²) in [5.41, 5.74) is 10.2. The fraction of sp³-hybridized carbons (Fsp3) is 0.333. The molecule has 1 aliphatic heterocycles. The maximum absolute atomic E-state index is 11.7. The SMILES string of the molecule is COCc1ccccc1NC(N)=NCc1ccc(CN2CCCC2=O)cc1.I. The Morgan fingerprint density at radius 1 is 1.18 bits per heavy atom. The van der Waals surface area contributed by atoms with Crippen LogP contribution in [0.3, 0.4) is 0 Å². The van der Waals surface area contributed by atoms with E-state index < -0.39 is 0 Å². The third-order valence-electron chi connectivity index (χ3n) is 4.58. The zero-order valence-electron chi connectivity index (χ0n) is 16.1. The first-order valence-electron chi connectivity index (χ1n) is 9.15. The summed E-state index contributed by atoms with van der Waals surface area (Å²) in [6, 6.07) is 16.0. The molecule has 2 aromatic carbocycles. The van der Waals surface area contributed by atoms with Crippen LogP contribution in [0, 0.1) is 0 Å². The first-order chi connectivity index (χ1) is 13.2. The predicted molar refractivity (Wildman–Crippen MR) is 123 cm³/mol. The van der Waals surface area contributed by atoms with Crippen LogP contribution in [0.5, 0.6) is 0 Å². The Labute approximate surface area is 183 Å². The van der Waals surface area contributed by atoms with Gasteiger partial charge in [-0.2, -0.15) is 0 Å². The molecule has 0 saturated carbocycles. The Hall–Kier alpha value is -2.13. The van der Waals surface area contributed by atoms with Crippen LogP contribution in [-0.4, -0.2) is 30.4 Å². The lowest BCUT2D eigenvalue weighted by Crippen LogP contribution is -2.24. The van der Waals surface area contributed by atoms with Gasteiger partial charge in [0.2, 0.25) is 5.91 Å². The lowest BCUT2D eigenvalue weighted by atomic mass is 10.1. The number of para-hydroxylation sites is 1. The molecule has 150 valence electrons.